The smallest absolute Gasteiger partial charge is 0.175 e. The number of sulfone groups is 1. The first-order chi connectivity index (χ1) is 7.28. The Kier molecular flexibility index (Phi) is 2.70. The molecule has 0 unspecified atom stereocenters. The van der Waals surface area contributed by atoms with Crippen LogP contribution in [-0.4, -0.2) is 26.0 Å². The Bertz CT molecular complexity index is 521. The summed E-state index contributed by atoms with van der Waals surface area (Å²) in [6, 6.07) is 5.25. The van der Waals surface area contributed by atoms with E-state index in [0.717, 1.165) is 17.1 Å². The van der Waals surface area contributed by atoms with Crippen molar-refractivity contribution in [1.29, 1.82) is 0 Å². The second kappa shape index (κ2) is 3.67. The first-order valence-electron chi connectivity index (χ1n) is 5.05. The van der Waals surface area contributed by atoms with Gasteiger partial charge in [-0.25, -0.2) is 8.42 Å². The van der Waals surface area contributed by atoms with Gasteiger partial charge < -0.3 is 5.32 Å². The van der Waals surface area contributed by atoms with E-state index in [9.17, 15) is 8.42 Å². The topological polar surface area (TPSA) is 46.2 Å². The number of hydrogen-bond acceptors (Lipinski definition) is 4. The van der Waals surface area contributed by atoms with Gasteiger partial charge in [-0.05, 0) is 32.0 Å². The average molecular weight is 257 g/mol. The Hall–Kier alpha value is -0.680. The maximum Gasteiger partial charge on any atom is 0.175 e. The third-order valence-corrected chi connectivity index (χ3v) is 4.84. The Labute approximate surface area is 101 Å². The van der Waals surface area contributed by atoms with Gasteiger partial charge in [-0.3, -0.25) is 0 Å². The Morgan fingerprint density at radius 2 is 2.06 bits per heavy atom. The third-order valence-electron chi connectivity index (χ3n) is 2.47. The standard InChI is InChI=1S/C11H15NO2S2/c1-11(2)7-12-9-5-4-8(16(3,13)14)6-10(9)15-11/h4-6,12H,7H2,1-3H3. The fraction of sp³-hybridized carbons (Fsp3) is 0.455. The highest BCUT2D eigenvalue weighted by Crippen LogP contribution is 2.42. The van der Waals surface area contributed by atoms with Gasteiger partial charge in [-0.15, -0.1) is 11.8 Å². The molecular weight excluding hydrogens is 242 g/mol. The molecule has 3 nitrogen and oxygen atoms in total. The van der Waals surface area contributed by atoms with Crippen LogP contribution >= 0.6 is 11.8 Å². The van der Waals surface area contributed by atoms with E-state index in [2.05, 4.69) is 19.2 Å². The molecule has 0 amide bonds. The lowest BCUT2D eigenvalue weighted by Gasteiger charge is -2.31. The van der Waals surface area contributed by atoms with Crippen molar-refractivity contribution in [3.8, 4) is 0 Å². The molecule has 0 bridgehead atoms. The van der Waals surface area contributed by atoms with Gasteiger partial charge in [-0.2, -0.15) is 0 Å². The molecule has 2 rings (SSSR count). The predicted octanol–water partition coefficient (Wildman–Crippen LogP) is 2.39. The zero-order chi connectivity index (χ0) is 12.0. The number of anilines is 1. The average Bonchev–Trinajstić information content (AvgIpc) is 2.13. The first kappa shape index (κ1) is 11.8. The van der Waals surface area contributed by atoms with Crippen LogP contribution in [0.2, 0.25) is 0 Å². The van der Waals surface area contributed by atoms with Crippen molar-refractivity contribution in [2.75, 3.05) is 18.1 Å². The SMILES string of the molecule is CC1(C)CNc2ccc(S(C)(=O)=O)cc2S1. The number of nitrogens with one attached hydrogen (secondary N) is 1. The van der Waals surface area contributed by atoms with Crippen molar-refractivity contribution in [1.82, 2.24) is 0 Å². The fourth-order valence-corrected chi connectivity index (χ4v) is 3.50. The van der Waals surface area contributed by atoms with E-state index < -0.39 is 9.84 Å². The molecule has 0 spiro atoms. The van der Waals surface area contributed by atoms with Gasteiger partial charge in [0.05, 0.1) is 4.90 Å². The van der Waals surface area contributed by atoms with Crippen molar-refractivity contribution in [2.24, 2.45) is 0 Å². The maximum absolute atomic E-state index is 11.5. The second-order valence-electron chi connectivity index (χ2n) is 4.65. The largest absolute Gasteiger partial charge is 0.383 e. The van der Waals surface area contributed by atoms with Crippen molar-refractivity contribution >= 4 is 27.3 Å². The summed E-state index contributed by atoms with van der Waals surface area (Å²) in [7, 11) is -3.11. The summed E-state index contributed by atoms with van der Waals surface area (Å²) in [6.45, 7) is 5.17. The van der Waals surface area contributed by atoms with Crippen LogP contribution in [-0.2, 0) is 9.84 Å². The molecule has 0 atom stereocenters. The number of fused-ring (bicyclic) bond motifs is 1. The Morgan fingerprint density at radius 3 is 2.69 bits per heavy atom. The van der Waals surface area contributed by atoms with Crippen LogP contribution in [0.5, 0.6) is 0 Å². The summed E-state index contributed by atoms with van der Waals surface area (Å²) < 4.78 is 23.0. The number of hydrogen-bond donors (Lipinski definition) is 1. The molecular formula is C11H15NO2S2. The van der Waals surface area contributed by atoms with Crippen LogP contribution in [0.4, 0.5) is 5.69 Å². The first-order valence-corrected chi connectivity index (χ1v) is 7.76. The van der Waals surface area contributed by atoms with Gasteiger partial charge >= 0.3 is 0 Å². The molecule has 5 heteroatoms. The minimum Gasteiger partial charge on any atom is -0.383 e. The summed E-state index contributed by atoms with van der Waals surface area (Å²) in [5, 5.41) is 3.32. The van der Waals surface area contributed by atoms with Gasteiger partial charge in [0, 0.05) is 28.1 Å². The van der Waals surface area contributed by atoms with E-state index in [1.165, 1.54) is 6.26 Å². The van der Waals surface area contributed by atoms with Crippen molar-refractivity contribution in [2.45, 2.75) is 28.4 Å². The molecule has 1 aromatic carbocycles. The maximum atomic E-state index is 11.5. The molecule has 0 saturated carbocycles. The molecule has 0 saturated heterocycles. The number of thioether (sulfide) groups is 1. The van der Waals surface area contributed by atoms with Gasteiger partial charge in [-0.1, -0.05) is 0 Å². The zero-order valence-corrected chi connectivity index (χ0v) is 11.2. The van der Waals surface area contributed by atoms with E-state index in [4.69, 9.17) is 0 Å². The van der Waals surface area contributed by atoms with E-state index in [-0.39, 0.29) is 4.75 Å². The van der Waals surface area contributed by atoms with Gasteiger partial charge in [0.25, 0.3) is 0 Å². The highest BCUT2D eigenvalue weighted by molar-refractivity contribution is 8.01. The molecule has 1 N–H and O–H groups in total. The van der Waals surface area contributed by atoms with Crippen molar-refractivity contribution in [3.63, 3.8) is 0 Å². The number of rotatable bonds is 1. The fourth-order valence-electron chi connectivity index (χ4n) is 1.61. The predicted molar refractivity (Wildman–Crippen MR) is 68.0 cm³/mol. The van der Waals surface area contributed by atoms with Crippen LogP contribution in [0.25, 0.3) is 0 Å². The molecule has 1 aliphatic heterocycles. The molecule has 88 valence electrons. The summed E-state index contributed by atoms with van der Waals surface area (Å²) >= 11 is 1.72. The van der Waals surface area contributed by atoms with Crippen LogP contribution in [0, 0.1) is 0 Å². The summed E-state index contributed by atoms with van der Waals surface area (Å²) in [6.07, 6.45) is 1.24. The van der Waals surface area contributed by atoms with E-state index in [1.807, 2.05) is 6.07 Å². The van der Waals surface area contributed by atoms with Crippen molar-refractivity contribution < 1.29 is 8.42 Å². The monoisotopic (exact) mass is 257 g/mol. The molecule has 0 aromatic heterocycles. The molecule has 16 heavy (non-hydrogen) atoms. The van der Waals surface area contributed by atoms with Gasteiger partial charge in [0.1, 0.15) is 0 Å². The highest BCUT2D eigenvalue weighted by atomic mass is 32.2. The molecule has 1 heterocycles. The lowest BCUT2D eigenvalue weighted by Crippen LogP contribution is -2.30. The molecule has 0 radical (unpaired) electrons. The molecule has 1 aromatic rings. The van der Waals surface area contributed by atoms with Gasteiger partial charge in [0.2, 0.25) is 0 Å². The van der Waals surface area contributed by atoms with Crippen LogP contribution < -0.4 is 5.32 Å². The van der Waals surface area contributed by atoms with E-state index in [0.29, 0.717) is 4.90 Å². The highest BCUT2D eigenvalue weighted by Gasteiger charge is 2.26. The minimum atomic E-state index is -3.11. The Balaban J connectivity index is 2.47. The summed E-state index contributed by atoms with van der Waals surface area (Å²) in [4.78, 5) is 1.40. The quantitative estimate of drug-likeness (QED) is 0.839. The summed E-state index contributed by atoms with van der Waals surface area (Å²) in [5.41, 5.74) is 1.02. The Morgan fingerprint density at radius 1 is 1.38 bits per heavy atom. The molecule has 0 fully saturated rings. The zero-order valence-electron chi connectivity index (χ0n) is 9.57. The third kappa shape index (κ3) is 2.35. The molecule has 0 aliphatic carbocycles. The molecule has 1 aliphatic rings. The second-order valence-corrected chi connectivity index (χ2v) is 8.41. The lowest BCUT2D eigenvalue weighted by atomic mass is 10.2. The lowest BCUT2D eigenvalue weighted by molar-refractivity contribution is 0.601. The number of benzene rings is 1. The minimum absolute atomic E-state index is 0.100. The van der Waals surface area contributed by atoms with Crippen LogP contribution in [0.15, 0.2) is 28.0 Å². The van der Waals surface area contributed by atoms with Crippen molar-refractivity contribution in [3.05, 3.63) is 18.2 Å². The van der Waals surface area contributed by atoms with Gasteiger partial charge in [0.15, 0.2) is 9.84 Å². The van der Waals surface area contributed by atoms with Crippen LogP contribution in [0.3, 0.4) is 0 Å². The van der Waals surface area contributed by atoms with E-state index in [1.54, 1.807) is 23.9 Å². The summed E-state index contributed by atoms with van der Waals surface area (Å²) in [5.74, 6) is 0. The van der Waals surface area contributed by atoms with E-state index >= 15 is 0 Å². The normalized spacial score (nSPS) is 18.7. The van der Waals surface area contributed by atoms with Crippen LogP contribution in [0.1, 0.15) is 13.8 Å².